The maximum atomic E-state index is 11.0. The monoisotopic (exact) mass is 403 g/mol. The Balaban J connectivity index is 1.52. The maximum absolute atomic E-state index is 11.0. The van der Waals surface area contributed by atoms with Crippen LogP contribution in [0.4, 0.5) is 0 Å². The van der Waals surface area contributed by atoms with Crippen LogP contribution in [0.3, 0.4) is 0 Å². The van der Waals surface area contributed by atoms with E-state index in [0.29, 0.717) is 18.4 Å². The summed E-state index contributed by atoms with van der Waals surface area (Å²) in [6.07, 6.45) is 4.53. The van der Waals surface area contributed by atoms with E-state index >= 15 is 0 Å². The number of benzene rings is 1. The highest BCUT2D eigenvalue weighted by molar-refractivity contribution is 8.00. The van der Waals surface area contributed by atoms with Crippen LogP contribution in [-0.4, -0.2) is 33.2 Å². The quantitative estimate of drug-likeness (QED) is 0.650. The Morgan fingerprint density at radius 2 is 2.07 bits per heavy atom. The minimum absolute atomic E-state index is 0.207. The first-order valence-electron chi connectivity index (χ1n) is 9.91. The number of hydrogen-bond donors (Lipinski definition) is 1. The normalized spacial score (nSPS) is 20.8. The van der Waals surface area contributed by atoms with Crippen molar-refractivity contribution in [2.45, 2.75) is 64.4 Å². The van der Waals surface area contributed by atoms with E-state index in [9.17, 15) is 4.79 Å². The number of aliphatic carboxylic acids is 1. The number of carbonyl (C=O) groups is 1. The van der Waals surface area contributed by atoms with Crippen LogP contribution in [0.2, 0.25) is 0 Å². The molecular weight excluding hydrogens is 374 g/mol. The molecule has 1 aliphatic rings. The molecule has 0 saturated heterocycles. The topological polar surface area (TPSA) is 72.6 Å². The molecule has 1 fully saturated rings. The lowest BCUT2D eigenvalue weighted by atomic mass is 9.88. The Kier molecular flexibility index (Phi) is 7.18. The summed E-state index contributed by atoms with van der Waals surface area (Å²) in [5.74, 6) is 2.10. The number of aryl methyl sites for hydroxylation is 2. The van der Waals surface area contributed by atoms with Crippen molar-refractivity contribution in [2.75, 3.05) is 5.75 Å². The van der Waals surface area contributed by atoms with E-state index in [2.05, 4.69) is 24.0 Å². The summed E-state index contributed by atoms with van der Waals surface area (Å²) < 4.78 is 12.0. The molecule has 0 spiro atoms. The van der Waals surface area contributed by atoms with Crippen molar-refractivity contribution >= 4 is 17.7 Å². The number of nitrogens with zero attached hydrogens (tertiary/aromatic N) is 1. The number of ether oxygens (including phenoxy) is 1. The SMILES string of the molecule is Cc1ccc(-c2nc(CO[C@@H]3CCC[C@H](CSC(C)C(=O)O)C3)c(C)o2)cc1. The fourth-order valence-electron chi connectivity index (χ4n) is 3.47. The summed E-state index contributed by atoms with van der Waals surface area (Å²) in [5.41, 5.74) is 3.03. The Hall–Kier alpha value is -1.79. The minimum atomic E-state index is -0.737. The fraction of sp³-hybridized carbons (Fsp3) is 0.545. The van der Waals surface area contributed by atoms with E-state index in [1.54, 1.807) is 6.92 Å². The second kappa shape index (κ2) is 9.61. The summed E-state index contributed by atoms with van der Waals surface area (Å²) >= 11 is 1.53. The van der Waals surface area contributed by atoms with Gasteiger partial charge in [0, 0.05) is 5.56 Å². The van der Waals surface area contributed by atoms with E-state index < -0.39 is 5.97 Å². The molecule has 5 nitrogen and oxygen atoms in total. The molecule has 3 rings (SSSR count). The second-order valence-corrected chi connectivity index (χ2v) is 9.04. The third-order valence-corrected chi connectivity index (χ3v) is 6.68. The fourth-order valence-corrected chi connectivity index (χ4v) is 4.48. The van der Waals surface area contributed by atoms with Gasteiger partial charge in [-0.15, -0.1) is 11.8 Å². The van der Waals surface area contributed by atoms with Crippen LogP contribution in [0, 0.1) is 19.8 Å². The average molecular weight is 404 g/mol. The number of carboxylic acid groups (broad SMARTS) is 1. The van der Waals surface area contributed by atoms with Gasteiger partial charge in [-0.25, -0.2) is 4.98 Å². The second-order valence-electron chi connectivity index (χ2n) is 7.67. The number of oxazole rings is 1. The zero-order valence-corrected chi connectivity index (χ0v) is 17.6. The number of thioether (sulfide) groups is 1. The Bertz CT molecular complexity index is 786. The van der Waals surface area contributed by atoms with Gasteiger partial charge >= 0.3 is 5.97 Å². The van der Waals surface area contributed by atoms with E-state index in [1.165, 1.54) is 17.3 Å². The largest absolute Gasteiger partial charge is 0.480 e. The van der Waals surface area contributed by atoms with Gasteiger partial charge in [-0.2, -0.15) is 0 Å². The van der Waals surface area contributed by atoms with Crippen LogP contribution in [0.15, 0.2) is 28.7 Å². The van der Waals surface area contributed by atoms with E-state index in [-0.39, 0.29) is 11.4 Å². The van der Waals surface area contributed by atoms with E-state index in [0.717, 1.165) is 48.5 Å². The van der Waals surface area contributed by atoms with Crippen LogP contribution in [0.25, 0.3) is 11.5 Å². The molecule has 1 saturated carbocycles. The summed E-state index contributed by atoms with van der Waals surface area (Å²) in [7, 11) is 0. The highest BCUT2D eigenvalue weighted by Gasteiger charge is 2.25. The van der Waals surface area contributed by atoms with E-state index in [4.69, 9.17) is 14.3 Å². The molecule has 28 heavy (non-hydrogen) atoms. The molecule has 1 aliphatic carbocycles. The zero-order valence-electron chi connectivity index (χ0n) is 16.8. The van der Waals surface area contributed by atoms with Crippen molar-refractivity contribution in [3.8, 4) is 11.5 Å². The highest BCUT2D eigenvalue weighted by Crippen LogP contribution is 2.31. The molecule has 1 heterocycles. The molecule has 152 valence electrons. The van der Waals surface area contributed by atoms with Crippen LogP contribution in [-0.2, 0) is 16.1 Å². The smallest absolute Gasteiger partial charge is 0.316 e. The van der Waals surface area contributed by atoms with Gasteiger partial charge in [-0.3, -0.25) is 4.79 Å². The van der Waals surface area contributed by atoms with Crippen molar-refractivity contribution in [3.63, 3.8) is 0 Å². The van der Waals surface area contributed by atoms with Gasteiger partial charge in [0.25, 0.3) is 0 Å². The molecule has 0 bridgehead atoms. The molecule has 1 N–H and O–H groups in total. The summed E-state index contributed by atoms with van der Waals surface area (Å²) in [6, 6.07) is 8.15. The highest BCUT2D eigenvalue weighted by atomic mass is 32.2. The molecule has 0 aliphatic heterocycles. The lowest BCUT2D eigenvalue weighted by Gasteiger charge is -2.29. The lowest BCUT2D eigenvalue weighted by molar-refractivity contribution is -0.136. The first kappa shape index (κ1) is 20.9. The van der Waals surface area contributed by atoms with Gasteiger partial charge in [0.15, 0.2) is 0 Å². The molecule has 1 unspecified atom stereocenters. The van der Waals surface area contributed by atoms with Gasteiger partial charge in [-0.05, 0) is 63.8 Å². The molecule has 6 heteroatoms. The summed E-state index contributed by atoms with van der Waals surface area (Å²) in [5, 5.41) is 8.69. The summed E-state index contributed by atoms with van der Waals surface area (Å²) in [4.78, 5) is 15.6. The molecule has 0 radical (unpaired) electrons. The lowest BCUT2D eigenvalue weighted by Crippen LogP contribution is -2.25. The van der Waals surface area contributed by atoms with E-state index in [1.807, 2.05) is 19.1 Å². The van der Waals surface area contributed by atoms with Crippen LogP contribution in [0.5, 0.6) is 0 Å². The van der Waals surface area contributed by atoms with Crippen molar-refractivity contribution in [1.82, 2.24) is 4.98 Å². The average Bonchev–Trinajstić information content (AvgIpc) is 3.06. The van der Waals surface area contributed by atoms with Gasteiger partial charge < -0.3 is 14.3 Å². The van der Waals surface area contributed by atoms with Gasteiger partial charge in [0.1, 0.15) is 11.5 Å². The van der Waals surface area contributed by atoms with Crippen LogP contribution < -0.4 is 0 Å². The standard InChI is InChI=1S/C22H29NO4S/c1-14-7-9-18(10-8-14)21-23-20(15(2)27-21)12-26-19-6-4-5-17(11-19)13-28-16(3)22(24)25/h7-10,16-17,19H,4-6,11-13H2,1-3H3,(H,24,25)/t16?,17-,19+/m0/s1. The minimum Gasteiger partial charge on any atom is -0.480 e. The van der Waals surface area contributed by atoms with Gasteiger partial charge in [-0.1, -0.05) is 24.1 Å². The molecular formula is C22H29NO4S. The Morgan fingerprint density at radius 1 is 1.32 bits per heavy atom. The molecule has 3 atom stereocenters. The predicted molar refractivity (Wildman–Crippen MR) is 112 cm³/mol. The third-order valence-electron chi connectivity index (χ3n) is 5.31. The number of hydrogen-bond acceptors (Lipinski definition) is 5. The maximum Gasteiger partial charge on any atom is 0.316 e. The van der Waals surface area contributed by atoms with Crippen molar-refractivity contribution in [2.24, 2.45) is 5.92 Å². The third kappa shape index (κ3) is 5.61. The summed E-state index contributed by atoms with van der Waals surface area (Å²) in [6.45, 7) is 6.19. The molecule has 0 amide bonds. The first-order valence-corrected chi connectivity index (χ1v) is 11.0. The molecule has 2 aromatic rings. The van der Waals surface area contributed by atoms with Crippen molar-refractivity contribution < 1.29 is 19.1 Å². The Morgan fingerprint density at radius 3 is 2.79 bits per heavy atom. The van der Waals surface area contributed by atoms with Crippen molar-refractivity contribution in [1.29, 1.82) is 0 Å². The molecule has 1 aromatic carbocycles. The number of aromatic nitrogens is 1. The Labute approximate surface area is 170 Å². The predicted octanol–water partition coefficient (Wildman–Crippen LogP) is 5.24. The molecule has 1 aromatic heterocycles. The van der Waals surface area contributed by atoms with Crippen molar-refractivity contribution in [3.05, 3.63) is 41.3 Å². The zero-order chi connectivity index (χ0) is 20.1. The van der Waals surface area contributed by atoms with Crippen LogP contribution in [0.1, 0.15) is 49.6 Å². The first-order chi connectivity index (χ1) is 13.4. The van der Waals surface area contributed by atoms with Crippen LogP contribution >= 0.6 is 11.8 Å². The van der Waals surface area contributed by atoms with Gasteiger partial charge in [0.05, 0.1) is 18.0 Å². The van der Waals surface area contributed by atoms with Gasteiger partial charge in [0.2, 0.25) is 5.89 Å². The number of carboxylic acids is 1. The number of rotatable bonds is 8.